The third-order valence-electron chi connectivity index (χ3n) is 2.72. The molecule has 1 aromatic heterocycles. The summed E-state index contributed by atoms with van der Waals surface area (Å²) in [6.07, 6.45) is 5.82. The van der Waals surface area contributed by atoms with Gasteiger partial charge in [-0.25, -0.2) is 10.8 Å². The molecule has 5 heteroatoms. The Hall–Kier alpha value is -0.940. The van der Waals surface area contributed by atoms with Crippen molar-refractivity contribution in [3.63, 3.8) is 0 Å². The fourth-order valence-electron chi connectivity index (χ4n) is 1.82. The van der Waals surface area contributed by atoms with E-state index in [4.69, 9.17) is 5.84 Å². The zero-order valence-corrected chi connectivity index (χ0v) is 10.1. The molecule has 0 bridgehead atoms. The summed E-state index contributed by atoms with van der Waals surface area (Å²) in [5.41, 5.74) is 3.63. The summed E-state index contributed by atoms with van der Waals surface area (Å²) in [4.78, 5) is 4.07. The van der Waals surface area contributed by atoms with Crippen molar-refractivity contribution in [3.05, 3.63) is 18.3 Å². The van der Waals surface area contributed by atoms with Gasteiger partial charge in [0.15, 0.2) is 0 Å². The van der Waals surface area contributed by atoms with E-state index in [1.807, 2.05) is 12.1 Å². The van der Waals surface area contributed by atoms with Crippen LogP contribution in [0.25, 0.3) is 0 Å². The van der Waals surface area contributed by atoms with Crippen LogP contribution in [0.3, 0.4) is 0 Å². The molecule has 88 valence electrons. The summed E-state index contributed by atoms with van der Waals surface area (Å²) in [7, 11) is 0. The Labute approximate surface area is 100 Å². The average Bonchev–Trinajstić information content (AvgIpc) is 2.38. The largest absolute Gasteiger partial charge is 0.384 e. The Balaban J connectivity index is 1.83. The molecule has 1 unspecified atom stereocenters. The Kier molecular flexibility index (Phi) is 4.30. The number of hydrazine groups is 1. The predicted octanol–water partition coefficient (Wildman–Crippen LogP) is 2.06. The number of thioether (sulfide) groups is 1. The van der Waals surface area contributed by atoms with Gasteiger partial charge in [-0.05, 0) is 24.7 Å². The number of aromatic nitrogens is 1. The van der Waals surface area contributed by atoms with Crippen LogP contribution >= 0.6 is 11.8 Å². The maximum absolute atomic E-state index is 5.31. The number of pyridine rings is 1. The van der Waals surface area contributed by atoms with E-state index in [0.717, 1.165) is 17.5 Å². The molecule has 1 aliphatic rings. The highest BCUT2D eigenvalue weighted by atomic mass is 32.2. The maximum atomic E-state index is 5.31. The molecule has 1 saturated heterocycles. The predicted molar refractivity (Wildman–Crippen MR) is 70.6 cm³/mol. The first-order valence-corrected chi connectivity index (χ1v) is 6.71. The molecular weight excluding hydrogens is 220 g/mol. The second-order valence-electron chi connectivity index (χ2n) is 3.94. The van der Waals surface area contributed by atoms with Crippen molar-refractivity contribution < 1.29 is 0 Å². The second kappa shape index (κ2) is 5.96. The van der Waals surface area contributed by atoms with E-state index < -0.39 is 0 Å². The van der Waals surface area contributed by atoms with Gasteiger partial charge in [0.05, 0.1) is 0 Å². The Bertz CT molecular complexity index is 326. The highest BCUT2D eigenvalue weighted by Gasteiger charge is 2.13. The van der Waals surface area contributed by atoms with E-state index >= 15 is 0 Å². The van der Waals surface area contributed by atoms with Gasteiger partial charge in [-0.2, -0.15) is 11.8 Å². The van der Waals surface area contributed by atoms with Crippen molar-refractivity contribution in [1.82, 2.24) is 4.98 Å². The van der Waals surface area contributed by atoms with Crippen LogP contribution < -0.4 is 16.6 Å². The summed E-state index contributed by atoms with van der Waals surface area (Å²) in [5, 5.41) is 4.18. The lowest BCUT2D eigenvalue weighted by Crippen LogP contribution is -2.20. The molecule has 1 aliphatic heterocycles. The first-order chi connectivity index (χ1) is 7.88. The summed E-state index contributed by atoms with van der Waals surface area (Å²) in [5.74, 6) is 7.31. The van der Waals surface area contributed by atoms with Crippen molar-refractivity contribution >= 4 is 23.3 Å². The number of hydrogen-bond acceptors (Lipinski definition) is 5. The van der Waals surface area contributed by atoms with Crippen molar-refractivity contribution in [1.29, 1.82) is 0 Å². The summed E-state index contributed by atoms with van der Waals surface area (Å²) < 4.78 is 0. The number of rotatable bonds is 4. The molecule has 4 N–H and O–H groups in total. The third-order valence-corrected chi connectivity index (χ3v) is 4.11. The molecule has 0 amide bonds. The van der Waals surface area contributed by atoms with Crippen LogP contribution in [0.4, 0.5) is 11.5 Å². The molecule has 1 atom stereocenters. The number of nitrogens with two attached hydrogens (primary N) is 1. The Morgan fingerprint density at radius 3 is 3.19 bits per heavy atom. The maximum Gasteiger partial charge on any atom is 0.141 e. The minimum atomic E-state index is 0.696. The van der Waals surface area contributed by atoms with Gasteiger partial charge in [-0.1, -0.05) is 6.42 Å². The van der Waals surface area contributed by atoms with Crippen molar-refractivity contribution in [2.45, 2.75) is 24.5 Å². The van der Waals surface area contributed by atoms with Crippen LogP contribution in [0, 0.1) is 0 Å². The van der Waals surface area contributed by atoms with Crippen LogP contribution in [-0.2, 0) is 0 Å². The van der Waals surface area contributed by atoms with Crippen LogP contribution in [0.15, 0.2) is 18.3 Å². The first kappa shape index (κ1) is 11.5. The van der Waals surface area contributed by atoms with Gasteiger partial charge in [-0.3, -0.25) is 0 Å². The molecule has 0 saturated carbocycles. The van der Waals surface area contributed by atoms with Gasteiger partial charge in [0.25, 0.3) is 0 Å². The molecular formula is C11H18N4S. The van der Waals surface area contributed by atoms with E-state index in [1.54, 1.807) is 6.20 Å². The van der Waals surface area contributed by atoms with Gasteiger partial charge in [-0.15, -0.1) is 0 Å². The summed E-state index contributed by atoms with van der Waals surface area (Å²) in [6.45, 7) is 1.03. The molecule has 1 fully saturated rings. The lowest BCUT2D eigenvalue weighted by atomic mass is 10.2. The average molecular weight is 238 g/mol. The molecule has 0 spiro atoms. The topological polar surface area (TPSA) is 63.0 Å². The van der Waals surface area contributed by atoms with Gasteiger partial charge in [0.1, 0.15) is 5.82 Å². The second-order valence-corrected chi connectivity index (χ2v) is 5.35. The summed E-state index contributed by atoms with van der Waals surface area (Å²) >= 11 is 2.07. The van der Waals surface area contributed by atoms with Gasteiger partial charge < -0.3 is 10.7 Å². The number of hydrogen-bond donors (Lipinski definition) is 3. The molecule has 0 radical (unpaired) electrons. The van der Waals surface area contributed by atoms with Gasteiger partial charge >= 0.3 is 0 Å². The van der Waals surface area contributed by atoms with Crippen molar-refractivity contribution in [3.8, 4) is 0 Å². The first-order valence-electron chi connectivity index (χ1n) is 5.66. The van der Waals surface area contributed by atoms with Crippen molar-refractivity contribution in [2.24, 2.45) is 5.84 Å². The smallest absolute Gasteiger partial charge is 0.141 e. The highest BCUT2D eigenvalue weighted by molar-refractivity contribution is 7.99. The molecule has 0 aliphatic carbocycles. The molecule has 0 aromatic carbocycles. The molecule has 1 aromatic rings. The van der Waals surface area contributed by atoms with E-state index in [9.17, 15) is 0 Å². The Morgan fingerprint density at radius 1 is 1.50 bits per heavy atom. The fourth-order valence-corrected chi connectivity index (χ4v) is 3.06. The highest BCUT2D eigenvalue weighted by Crippen LogP contribution is 2.25. The minimum Gasteiger partial charge on any atom is -0.384 e. The zero-order valence-electron chi connectivity index (χ0n) is 9.28. The SMILES string of the molecule is NNc1cc(NCC2CCCCS2)ccn1. The number of nitrogens with one attached hydrogen (secondary N) is 2. The van der Waals surface area contributed by atoms with Crippen LogP contribution in [0.1, 0.15) is 19.3 Å². The standard InChI is InChI=1S/C11H18N4S/c12-15-11-7-9(4-5-13-11)14-8-10-3-1-2-6-16-10/h4-5,7,10H,1-3,6,8,12H2,(H2,13,14,15). The number of anilines is 2. The normalized spacial score (nSPS) is 20.4. The van der Waals surface area contributed by atoms with Gasteiger partial charge in [0.2, 0.25) is 0 Å². The minimum absolute atomic E-state index is 0.696. The lowest BCUT2D eigenvalue weighted by molar-refractivity contribution is 0.677. The molecule has 16 heavy (non-hydrogen) atoms. The lowest BCUT2D eigenvalue weighted by Gasteiger charge is -2.21. The summed E-state index contributed by atoms with van der Waals surface area (Å²) in [6, 6.07) is 3.89. The van der Waals surface area contributed by atoms with E-state index in [1.165, 1.54) is 25.0 Å². The van der Waals surface area contributed by atoms with Crippen LogP contribution in [0.2, 0.25) is 0 Å². The zero-order chi connectivity index (χ0) is 11.2. The van der Waals surface area contributed by atoms with E-state index in [0.29, 0.717) is 5.82 Å². The number of nitrogen functional groups attached to an aromatic ring is 1. The molecule has 2 heterocycles. The fraction of sp³-hybridized carbons (Fsp3) is 0.545. The van der Waals surface area contributed by atoms with E-state index in [-0.39, 0.29) is 0 Å². The third kappa shape index (κ3) is 3.28. The van der Waals surface area contributed by atoms with Gasteiger partial charge in [0, 0.05) is 29.7 Å². The van der Waals surface area contributed by atoms with Crippen LogP contribution in [-0.4, -0.2) is 22.5 Å². The Morgan fingerprint density at radius 2 is 2.44 bits per heavy atom. The van der Waals surface area contributed by atoms with Crippen LogP contribution in [0.5, 0.6) is 0 Å². The quantitative estimate of drug-likeness (QED) is 0.553. The number of nitrogens with zero attached hydrogens (tertiary/aromatic N) is 1. The monoisotopic (exact) mass is 238 g/mol. The molecule has 4 nitrogen and oxygen atoms in total. The van der Waals surface area contributed by atoms with Crippen molar-refractivity contribution in [2.75, 3.05) is 23.0 Å². The molecule has 2 rings (SSSR count). The van der Waals surface area contributed by atoms with E-state index in [2.05, 4.69) is 27.5 Å².